The van der Waals surface area contributed by atoms with Crippen molar-refractivity contribution >= 4 is 5.78 Å². The number of hydrogen-bond acceptors (Lipinski definition) is 3. The second-order valence-electron chi connectivity index (χ2n) is 8.98. The van der Waals surface area contributed by atoms with Crippen LogP contribution in [0.5, 0.6) is 0 Å². The van der Waals surface area contributed by atoms with Gasteiger partial charge in [0.05, 0.1) is 12.2 Å². The summed E-state index contributed by atoms with van der Waals surface area (Å²) in [5, 5.41) is 10.3. The molecule has 0 spiro atoms. The predicted octanol–water partition coefficient (Wildman–Crippen LogP) is 5.81. The third kappa shape index (κ3) is 5.68. The normalized spacial score (nSPS) is 35.9. The standard InChI is InChI=1S/C27H36O3/c1-19(25-21(3)18-27(7,29)23(5)30-25)15-13-11-9-8-10-12-14-16-26(6)17-20(2)24(28)22(26)4/h8-18,22-23,25,29H,1-7H3/b9-8+,12-10+,13-11+,16-14+,19-15+/t22-,23+,25-,26+,27+/m0/s1. The summed E-state index contributed by atoms with van der Waals surface area (Å²) in [7, 11) is 0. The average molecular weight is 409 g/mol. The van der Waals surface area contributed by atoms with E-state index < -0.39 is 5.60 Å². The summed E-state index contributed by atoms with van der Waals surface area (Å²) in [5.74, 6) is 0.236. The highest BCUT2D eigenvalue weighted by Crippen LogP contribution is 2.39. The first-order chi connectivity index (χ1) is 14.0. The van der Waals surface area contributed by atoms with Gasteiger partial charge in [0.1, 0.15) is 5.60 Å². The fourth-order valence-electron chi connectivity index (χ4n) is 3.93. The summed E-state index contributed by atoms with van der Waals surface area (Å²) in [6, 6.07) is 0. The molecular weight excluding hydrogens is 372 g/mol. The van der Waals surface area contributed by atoms with Crippen molar-refractivity contribution in [2.45, 2.75) is 66.3 Å². The van der Waals surface area contributed by atoms with E-state index in [1.165, 1.54) is 0 Å². The number of Topliss-reactive ketones (excluding diaryl/α,β-unsaturated/α-hetero) is 1. The Morgan fingerprint density at radius 1 is 1.00 bits per heavy atom. The molecule has 0 aromatic carbocycles. The summed E-state index contributed by atoms with van der Waals surface area (Å²) in [5.41, 5.74) is 1.87. The van der Waals surface area contributed by atoms with Gasteiger partial charge in [-0.3, -0.25) is 4.79 Å². The van der Waals surface area contributed by atoms with Gasteiger partial charge in [0, 0.05) is 11.3 Å². The number of ether oxygens (including phenoxy) is 1. The van der Waals surface area contributed by atoms with Crippen molar-refractivity contribution in [1.29, 1.82) is 0 Å². The lowest BCUT2D eigenvalue weighted by Crippen LogP contribution is -2.44. The Kier molecular flexibility index (Phi) is 7.79. The van der Waals surface area contributed by atoms with E-state index in [0.29, 0.717) is 0 Å². The number of allylic oxidation sites excluding steroid dienone is 11. The first-order valence-corrected chi connectivity index (χ1v) is 10.6. The van der Waals surface area contributed by atoms with E-state index in [0.717, 1.165) is 16.7 Å². The zero-order valence-corrected chi connectivity index (χ0v) is 19.3. The molecular formula is C27H36O3. The summed E-state index contributed by atoms with van der Waals surface area (Å²) < 4.78 is 5.99. The largest absolute Gasteiger partial charge is 0.383 e. The van der Waals surface area contributed by atoms with Crippen LogP contribution in [0.3, 0.4) is 0 Å². The fraction of sp³-hybridized carbons (Fsp3) is 0.444. The van der Waals surface area contributed by atoms with Crippen molar-refractivity contribution in [2.75, 3.05) is 0 Å². The molecule has 30 heavy (non-hydrogen) atoms. The van der Waals surface area contributed by atoms with Crippen LogP contribution >= 0.6 is 0 Å². The van der Waals surface area contributed by atoms with Crippen LogP contribution in [0.4, 0.5) is 0 Å². The Labute approximate surface area is 181 Å². The van der Waals surface area contributed by atoms with Crippen LogP contribution in [-0.2, 0) is 9.53 Å². The van der Waals surface area contributed by atoms with Crippen molar-refractivity contribution in [3.8, 4) is 0 Å². The van der Waals surface area contributed by atoms with Crippen LogP contribution in [0.25, 0.3) is 0 Å². The van der Waals surface area contributed by atoms with E-state index in [1.54, 1.807) is 6.92 Å². The molecule has 0 saturated heterocycles. The molecule has 0 saturated carbocycles. The van der Waals surface area contributed by atoms with E-state index >= 15 is 0 Å². The van der Waals surface area contributed by atoms with E-state index in [4.69, 9.17) is 4.74 Å². The summed E-state index contributed by atoms with van der Waals surface area (Å²) in [6.45, 7) is 13.7. The molecule has 0 fully saturated rings. The molecule has 0 radical (unpaired) electrons. The lowest BCUT2D eigenvalue weighted by atomic mass is 9.80. The van der Waals surface area contributed by atoms with E-state index in [-0.39, 0.29) is 29.3 Å². The Morgan fingerprint density at radius 3 is 2.13 bits per heavy atom. The molecule has 3 nitrogen and oxygen atoms in total. The maximum absolute atomic E-state index is 12.0. The quantitative estimate of drug-likeness (QED) is 0.445. The second-order valence-corrected chi connectivity index (χ2v) is 8.98. The molecule has 1 aliphatic carbocycles. The molecule has 2 aliphatic rings. The average Bonchev–Trinajstić information content (AvgIpc) is 2.85. The first-order valence-electron chi connectivity index (χ1n) is 10.6. The lowest BCUT2D eigenvalue weighted by molar-refractivity contribution is -0.119. The van der Waals surface area contributed by atoms with Crippen LogP contribution < -0.4 is 0 Å². The van der Waals surface area contributed by atoms with Gasteiger partial charge in [-0.1, -0.05) is 74.6 Å². The number of carbonyl (C=O) groups is 1. The van der Waals surface area contributed by atoms with Crippen LogP contribution in [0.1, 0.15) is 48.5 Å². The number of hydrogen-bond donors (Lipinski definition) is 1. The minimum atomic E-state index is -0.919. The zero-order valence-electron chi connectivity index (χ0n) is 19.3. The fourth-order valence-corrected chi connectivity index (χ4v) is 3.93. The van der Waals surface area contributed by atoms with E-state index in [1.807, 2.05) is 89.3 Å². The van der Waals surface area contributed by atoms with Crippen LogP contribution in [0, 0.1) is 11.3 Å². The molecule has 0 amide bonds. The minimum absolute atomic E-state index is 0.00334. The van der Waals surface area contributed by atoms with Gasteiger partial charge >= 0.3 is 0 Å². The molecule has 3 heteroatoms. The maximum Gasteiger partial charge on any atom is 0.162 e. The smallest absolute Gasteiger partial charge is 0.162 e. The number of aliphatic hydroxyl groups is 1. The highest BCUT2D eigenvalue weighted by molar-refractivity contribution is 6.00. The van der Waals surface area contributed by atoms with Gasteiger partial charge < -0.3 is 9.84 Å². The van der Waals surface area contributed by atoms with Crippen molar-refractivity contribution in [3.63, 3.8) is 0 Å². The molecule has 2 rings (SSSR count). The Hall–Kier alpha value is -2.23. The SMILES string of the molecule is CC1=C[C@@](C)(/C=C/C=C/C=C/C=C/C=C(\C)[C@@H]2O[C@H](C)[C@](C)(O)C=C2C)[C@@H](C)C1=O. The topological polar surface area (TPSA) is 46.5 Å². The molecule has 0 bridgehead atoms. The summed E-state index contributed by atoms with van der Waals surface area (Å²) >= 11 is 0. The Bertz CT molecular complexity index is 861. The van der Waals surface area contributed by atoms with Gasteiger partial charge in [0.25, 0.3) is 0 Å². The minimum Gasteiger partial charge on any atom is -0.383 e. The highest BCUT2D eigenvalue weighted by Gasteiger charge is 2.38. The van der Waals surface area contributed by atoms with E-state index in [2.05, 4.69) is 19.1 Å². The van der Waals surface area contributed by atoms with Gasteiger partial charge in [0.15, 0.2) is 5.78 Å². The van der Waals surface area contributed by atoms with Gasteiger partial charge in [-0.2, -0.15) is 0 Å². The summed E-state index contributed by atoms with van der Waals surface area (Å²) in [4.78, 5) is 12.0. The Morgan fingerprint density at radius 2 is 1.57 bits per heavy atom. The summed E-state index contributed by atoms with van der Waals surface area (Å²) in [6.07, 6.45) is 21.6. The van der Waals surface area contributed by atoms with Gasteiger partial charge in [-0.25, -0.2) is 0 Å². The monoisotopic (exact) mass is 408 g/mol. The predicted molar refractivity (Wildman–Crippen MR) is 125 cm³/mol. The second kappa shape index (κ2) is 9.72. The highest BCUT2D eigenvalue weighted by atomic mass is 16.5. The number of rotatable bonds is 6. The third-order valence-electron chi connectivity index (χ3n) is 6.23. The van der Waals surface area contributed by atoms with Gasteiger partial charge in [-0.05, 0) is 57.4 Å². The zero-order chi connectivity index (χ0) is 22.5. The lowest BCUT2D eigenvalue weighted by Gasteiger charge is -2.37. The molecule has 5 atom stereocenters. The molecule has 1 heterocycles. The van der Waals surface area contributed by atoms with E-state index in [9.17, 15) is 9.90 Å². The van der Waals surface area contributed by atoms with Crippen molar-refractivity contribution < 1.29 is 14.6 Å². The number of ketones is 1. The molecule has 0 aromatic heterocycles. The van der Waals surface area contributed by atoms with Gasteiger partial charge in [-0.15, -0.1) is 0 Å². The molecule has 1 aliphatic heterocycles. The van der Waals surface area contributed by atoms with Crippen LogP contribution in [0.15, 0.2) is 83.6 Å². The molecule has 0 aromatic rings. The maximum atomic E-state index is 12.0. The van der Waals surface area contributed by atoms with Crippen molar-refractivity contribution in [3.05, 3.63) is 83.6 Å². The van der Waals surface area contributed by atoms with Crippen molar-refractivity contribution in [1.82, 2.24) is 0 Å². The first kappa shape index (κ1) is 24.0. The molecule has 162 valence electrons. The van der Waals surface area contributed by atoms with Crippen LogP contribution in [0.2, 0.25) is 0 Å². The number of carbonyl (C=O) groups excluding carboxylic acids is 1. The van der Waals surface area contributed by atoms with Crippen LogP contribution in [-0.4, -0.2) is 28.7 Å². The van der Waals surface area contributed by atoms with Gasteiger partial charge in [0.2, 0.25) is 0 Å². The van der Waals surface area contributed by atoms with Crippen molar-refractivity contribution in [2.24, 2.45) is 11.3 Å². The Balaban J connectivity index is 1.88. The molecule has 0 unspecified atom stereocenters. The third-order valence-corrected chi connectivity index (χ3v) is 6.23. The molecule has 1 N–H and O–H groups in total.